The Hall–Kier alpha value is -2.42. The van der Waals surface area contributed by atoms with E-state index in [2.05, 4.69) is 13.2 Å². The van der Waals surface area contributed by atoms with Gasteiger partial charge in [0.25, 0.3) is 0 Å². The molecule has 0 heterocycles. The van der Waals surface area contributed by atoms with Crippen LogP contribution in [0.15, 0.2) is 24.3 Å². The van der Waals surface area contributed by atoms with Crippen molar-refractivity contribution in [2.75, 3.05) is 32.2 Å². The van der Waals surface area contributed by atoms with E-state index in [-0.39, 0.29) is 62.4 Å². The van der Waals surface area contributed by atoms with E-state index in [4.69, 9.17) is 18.9 Å². The van der Waals surface area contributed by atoms with Gasteiger partial charge in [-0.05, 0) is 26.0 Å². The SMILES string of the molecule is C=C(C)C(=O)OCCOC(=O)CCC=[SH]CCC(=O)OCCOC(=O)C(=C)C. The number of hydrogen-bond acceptors (Lipinski definition) is 8. The third-order valence-corrected chi connectivity index (χ3v) is 3.91. The predicted molar refractivity (Wildman–Crippen MR) is 107 cm³/mol. The molecule has 0 N–H and O–H groups in total. The van der Waals surface area contributed by atoms with Crippen LogP contribution in [0.4, 0.5) is 0 Å². The second-order valence-electron chi connectivity index (χ2n) is 5.65. The first-order chi connectivity index (χ1) is 13.2. The molecule has 0 atom stereocenters. The smallest absolute Gasteiger partial charge is 0.333 e. The van der Waals surface area contributed by atoms with Crippen molar-refractivity contribution in [2.24, 2.45) is 0 Å². The first-order valence-corrected chi connectivity index (χ1v) is 9.83. The quantitative estimate of drug-likeness (QED) is 0.114. The Kier molecular flexibility index (Phi) is 14.3. The summed E-state index contributed by atoms with van der Waals surface area (Å²) in [6.07, 6.45) is 0.947. The van der Waals surface area contributed by atoms with Gasteiger partial charge in [0.2, 0.25) is 0 Å². The number of hydrogen-bond donors (Lipinski definition) is 1. The normalized spacial score (nSPS) is 10.5. The van der Waals surface area contributed by atoms with E-state index in [1.165, 1.54) is 13.8 Å². The largest absolute Gasteiger partial charge is 0.462 e. The summed E-state index contributed by atoms with van der Waals surface area (Å²) in [5, 5.41) is 1.87. The van der Waals surface area contributed by atoms with Crippen LogP contribution in [0.25, 0.3) is 0 Å². The molecule has 0 aliphatic rings. The van der Waals surface area contributed by atoms with E-state index >= 15 is 0 Å². The lowest BCUT2D eigenvalue weighted by Crippen LogP contribution is -2.14. The molecular formula is C19H28O8S. The molecule has 0 saturated heterocycles. The average Bonchev–Trinajstić information content (AvgIpc) is 2.64. The summed E-state index contributed by atoms with van der Waals surface area (Å²) in [6.45, 7) is 9.94. The van der Waals surface area contributed by atoms with Crippen LogP contribution >= 0.6 is 11.4 Å². The molecule has 0 aliphatic carbocycles. The summed E-state index contributed by atoms with van der Waals surface area (Å²) in [6, 6.07) is 0. The summed E-state index contributed by atoms with van der Waals surface area (Å²) in [7, 11) is 0. The predicted octanol–water partition coefficient (Wildman–Crippen LogP) is 1.75. The minimum atomic E-state index is -0.519. The van der Waals surface area contributed by atoms with E-state index in [1.807, 2.05) is 5.37 Å². The fourth-order valence-corrected chi connectivity index (χ4v) is 2.30. The van der Waals surface area contributed by atoms with Gasteiger partial charge in [0, 0.05) is 17.6 Å². The molecule has 0 radical (unpaired) electrons. The topological polar surface area (TPSA) is 105 Å². The van der Waals surface area contributed by atoms with Gasteiger partial charge < -0.3 is 18.9 Å². The second-order valence-corrected chi connectivity index (χ2v) is 6.83. The van der Waals surface area contributed by atoms with Crippen LogP contribution in [-0.2, 0) is 38.1 Å². The molecule has 28 heavy (non-hydrogen) atoms. The molecule has 158 valence electrons. The van der Waals surface area contributed by atoms with Crippen LogP contribution < -0.4 is 0 Å². The van der Waals surface area contributed by atoms with Gasteiger partial charge in [0.15, 0.2) is 0 Å². The lowest BCUT2D eigenvalue weighted by atomic mass is 10.3. The maximum absolute atomic E-state index is 11.5. The van der Waals surface area contributed by atoms with Gasteiger partial charge in [-0.15, -0.1) is 0 Å². The molecule has 0 unspecified atom stereocenters. The highest BCUT2D eigenvalue weighted by Crippen LogP contribution is 1.99. The molecule has 8 nitrogen and oxygen atoms in total. The van der Waals surface area contributed by atoms with Gasteiger partial charge >= 0.3 is 23.9 Å². The van der Waals surface area contributed by atoms with E-state index in [9.17, 15) is 19.2 Å². The van der Waals surface area contributed by atoms with Crippen molar-refractivity contribution in [3.05, 3.63) is 24.3 Å². The van der Waals surface area contributed by atoms with Gasteiger partial charge in [0.1, 0.15) is 26.4 Å². The third-order valence-electron chi connectivity index (χ3n) is 2.91. The number of esters is 4. The average molecular weight is 416 g/mol. The second kappa shape index (κ2) is 15.6. The van der Waals surface area contributed by atoms with Crippen molar-refractivity contribution in [1.29, 1.82) is 0 Å². The van der Waals surface area contributed by atoms with E-state index < -0.39 is 11.9 Å². The monoisotopic (exact) mass is 416 g/mol. The Morgan fingerprint density at radius 2 is 1.18 bits per heavy atom. The van der Waals surface area contributed by atoms with Crippen molar-refractivity contribution in [2.45, 2.75) is 33.1 Å². The van der Waals surface area contributed by atoms with Crippen molar-refractivity contribution < 1.29 is 38.1 Å². The zero-order valence-electron chi connectivity index (χ0n) is 16.4. The number of thiol groups is 1. The Morgan fingerprint density at radius 3 is 1.64 bits per heavy atom. The zero-order chi connectivity index (χ0) is 21.4. The van der Waals surface area contributed by atoms with Crippen LogP contribution in [0.1, 0.15) is 33.1 Å². The fourth-order valence-electron chi connectivity index (χ4n) is 1.49. The van der Waals surface area contributed by atoms with Gasteiger partial charge in [0.05, 0.1) is 6.42 Å². The highest BCUT2D eigenvalue weighted by atomic mass is 32.1. The molecule has 0 aliphatic heterocycles. The lowest BCUT2D eigenvalue weighted by molar-refractivity contribution is -0.149. The van der Waals surface area contributed by atoms with Gasteiger partial charge in [-0.3, -0.25) is 9.59 Å². The highest BCUT2D eigenvalue weighted by molar-refractivity contribution is 7.97. The van der Waals surface area contributed by atoms with Gasteiger partial charge in [-0.2, -0.15) is 0 Å². The molecule has 0 bridgehead atoms. The molecule has 0 aromatic heterocycles. The van der Waals surface area contributed by atoms with E-state index in [0.717, 1.165) is 11.4 Å². The number of carbonyl (C=O) groups excluding carboxylic acids is 4. The maximum Gasteiger partial charge on any atom is 0.333 e. The lowest BCUT2D eigenvalue weighted by Gasteiger charge is -2.06. The van der Waals surface area contributed by atoms with Gasteiger partial charge in [-0.1, -0.05) is 18.5 Å². The molecule has 0 saturated carbocycles. The first kappa shape index (κ1) is 25.6. The first-order valence-electron chi connectivity index (χ1n) is 8.68. The summed E-state index contributed by atoms with van der Waals surface area (Å²) in [4.78, 5) is 45.2. The molecule has 0 spiro atoms. The van der Waals surface area contributed by atoms with E-state index in [0.29, 0.717) is 12.2 Å². The van der Waals surface area contributed by atoms with Crippen LogP contribution in [0.3, 0.4) is 0 Å². The summed E-state index contributed by atoms with van der Waals surface area (Å²) in [5.74, 6) is -1.24. The number of rotatable bonds is 14. The van der Waals surface area contributed by atoms with Crippen molar-refractivity contribution >= 4 is 40.6 Å². The standard InChI is InChI=1S/C19H28O8S/c1-14(2)18(22)26-10-8-24-16(20)6-5-12-28-13-7-17(21)25-9-11-27-19(23)15(3)4/h12,28H,1,3,5-11,13H2,2,4H3. The van der Waals surface area contributed by atoms with E-state index in [1.54, 1.807) is 0 Å². The van der Waals surface area contributed by atoms with Gasteiger partial charge in [-0.25, -0.2) is 20.9 Å². The minimum Gasteiger partial charge on any atom is -0.462 e. The van der Waals surface area contributed by atoms with Crippen LogP contribution in [0.2, 0.25) is 0 Å². The summed E-state index contributed by atoms with van der Waals surface area (Å²) >= 11 is 0.903. The van der Waals surface area contributed by atoms with Crippen molar-refractivity contribution in [3.8, 4) is 0 Å². The van der Waals surface area contributed by atoms with Crippen molar-refractivity contribution in [3.63, 3.8) is 0 Å². The fraction of sp³-hybridized carbons (Fsp3) is 0.526. The Balaban J connectivity index is 3.63. The molecule has 0 aromatic carbocycles. The van der Waals surface area contributed by atoms with Crippen LogP contribution in [0.5, 0.6) is 0 Å². The number of ether oxygens (including phenoxy) is 4. The Bertz CT molecular complexity index is 557. The summed E-state index contributed by atoms with van der Waals surface area (Å²) in [5.41, 5.74) is 0.575. The molecule has 0 aromatic rings. The molecule has 9 heteroatoms. The van der Waals surface area contributed by atoms with Crippen molar-refractivity contribution in [1.82, 2.24) is 0 Å². The minimum absolute atomic E-state index is 0.00306. The molecule has 0 fully saturated rings. The molecule has 0 amide bonds. The zero-order valence-corrected chi connectivity index (χ0v) is 17.3. The Labute approximate surface area is 168 Å². The molecule has 0 rings (SSSR count). The van der Waals surface area contributed by atoms with Crippen LogP contribution in [0, 0.1) is 0 Å². The number of carbonyl (C=O) groups is 4. The maximum atomic E-state index is 11.5. The Morgan fingerprint density at radius 1 is 0.750 bits per heavy atom. The van der Waals surface area contributed by atoms with Crippen LogP contribution in [-0.4, -0.2) is 61.4 Å². The molecular weight excluding hydrogens is 388 g/mol. The summed E-state index contributed by atoms with van der Waals surface area (Å²) < 4.78 is 19.4. The highest BCUT2D eigenvalue weighted by Gasteiger charge is 2.06. The third kappa shape index (κ3) is 14.7.